The number of benzene rings is 1. The Hall–Kier alpha value is -2.12. The highest BCUT2D eigenvalue weighted by atomic mass is 32.2. The Morgan fingerprint density at radius 1 is 1.08 bits per heavy atom. The van der Waals surface area contributed by atoms with Gasteiger partial charge in [-0.3, -0.25) is 4.79 Å². The monoisotopic (exact) mass is 362 g/mol. The van der Waals surface area contributed by atoms with Gasteiger partial charge in [-0.05, 0) is 75.4 Å². The van der Waals surface area contributed by atoms with Crippen LogP contribution in [-0.2, 0) is 22.9 Å². The topological polar surface area (TPSA) is 88.4 Å². The van der Waals surface area contributed by atoms with Crippen LogP contribution < -0.4 is 10.0 Å². The summed E-state index contributed by atoms with van der Waals surface area (Å²) < 4.78 is 32.2. The van der Waals surface area contributed by atoms with E-state index in [1.807, 2.05) is 18.2 Å². The number of anilines is 1. The van der Waals surface area contributed by atoms with Crippen LogP contribution in [0.2, 0.25) is 0 Å². The van der Waals surface area contributed by atoms with Crippen molar-refractivity contribution in [1.29, 1.82) is 0 Å². The molecule has 1 aliphatic rings. The van der Waals surface area contributed by atoms with E-state index in [1.165, 1.54) is 23.3 Å². The SMILES string of the molecule is CC(C)(C)NS(=O)(=O)c1ccc(C(=O)Nc2ccc3c(c2)CCC3)o1. The van der Waals surface area contributed by atoms with Crippen LogP contribution in [0.4, 0.5) is 5.69 Å². The first kappa shape index (κ1) is 17.7. The molecule has 0 saturated heterocycles. The van der Waals surface area contributed by atoms with Gasteiger partial charge in [0.1, 0.15) is 0 Å². The number of nitrogens with one attached hydrogen (secondary N) is 2. The zero-order valence-corrected chi connectivity index (χ0v) is 15.4. The number of furan rings is 1. The molecule has 3 rings (SSSR count). The third-order valence-corrected chi connectivity index (χ3v) is 5.50. The third-order valence-electron chi connectivity index (χ3n) is 3.87. The average molecular weight is 362 g/mol. The predicted octanol–water partition coefficient (Wildman–Crippen LogP) is 3.10. The minimum atomic E-state index is -3.81. The Balaban J connectivity index is 1.75. The third kappa shape index (κ3) is 4.11. The van der Waals surface area contributed by atoms with Crippen molar-refractivity contribution in [2.24, 2.45) is 0 Å². The van der Waals surface area contributed by atoms with E-state index in [1.54, 1.807) is 20.8 Å². The van der Waals surface area contributed by atoms with E-state index in [2.05, 4.69) is 10.0 Å². The molecule has 0 radical (unpaired) electrons. The Morgan fingerprint density at radius 2 is 1.80 bits per heavy atom. The van der Waals surface area contributed by atoms with E-state index in [-0.39, 0.29) is 10.9 Å². The van der Waals surface area contributed by atoms with Crippen LogP contribution in [0.3, 0.4) is 0 Å². The maximum absolute atomic E-state index is 12.3. The first-order valence-corrected chi connectivity index (χ1v) is 9.69. The van der Waals surface area contributed by atoms with Crippen LogP contribution in [-0.4, -0.2) is 19.9 Å². The lowest BCUT2D eigenvalue weighted by Crippen LogP contribution is -2.40. The predicted molar refractivity (Wildman–Crippen MR) is 95.2 cm³/mol. The van der Waals surface area contributed by atoms with E-state index in [0.29, 0.717) is 5.69 Å². The molecule has 0 bridgehead atoms. The minimum Gasteiger partial charge on any atom is -0.438 e. The smallest absolute Gasteiger partial charge is 0.291 e. The molecular formula is C18H22N2O4S. The molecule has 2 aromatic rings. The molecule has 0 saturated carbocycles. The van der Waals surface area contributed by atoms with Gasteiger partial charge in [0.05, 0.1) is 0 Å². The van der Waals surface area contributed by atoms with Crippen molar-refractivity contribution in [3.05, 3.63) is 47.2 Å². The molecule has 1 aromatic carbocycles. The fraction of sp³-hybridized carbons (Fsp3) is 0.389. The minimum absolute atomic E-state index is 0.0465. The van der Waals surface area contributed by atoms with Crippen molar-refractivity contribution in [2.75, 3.05) is 5.32 Å². The lowest BCUT2D eigenvalue weighted by Gasteiger charge is -2.18. The standard InChI is InChI=1S/C18H22N2O4S/c1-18(2,3)20-25(22,23)16-10-9-15(24-16)17(21)19-14-8-7-12-5-4-6-13(12)11-14/h7-11,20H,4-6H2,1-3H3,(H,19,21). The zero-order chi connectivity index (χ0) is 18.2. The number of carbonyl (C=O) groups excluding carboxylic acids is 1. The van der Waals surface area contributed by atoms with Gasteiger partial charge >= 0.3 is 0 Å². The highest BCUT2D eigenvalue weighted by Crippen LogP contribution is 2.25. The van der Waals surface area contributed by atoms with Crippen molar-refractivity contribution < 1.29 is 17.6 Å². The number of sulfonamides is 1. The van der Waals surface area contributed by atoms with Crippen LogP contribution in [0.25, 0.3) is 0 Å². The lowest BCUT2D eigenvalue weighted by molar-refractivity contribution is 0.0991. The fourth-order valence-electron chi connectivity index (χ4n) is 2.88. The van der Waals surface area contributed by atoms with Gasteiger partial charge in [0.15, 0.2) is 5.76 Å². The molecule has 1 aliphatic carbocycles. The maximum atomic E-state index is 12.3. The maximum Gasteiger partial charge on any atom is 0.291 e. The largest absolute Gasteiger partial charge is 0.438 e. The molecule has 2 N–H and O–H groups in total. The molecule has 0 aliphatic heterocycles. The highest BCUT2D eigenvalue weighted by molar-refractivity contribution is 7.89. The number of hydrogen-bond acceptors (Lipinski definition) is 4. The molecule has 0 atom stereocenters. The van der Waals surface area contributed by atoms with Gasteiger partial charge in [0.2, 0.25) is 5.09 Å². The normalized spacial score (nSPS) is 14.4. The Kier molecular flexibility index (Phi) is 4.47. The summed E-state index contributed by atoms with van der Waals surface area (Å²) in [4.78, 5) is 12.3. The van der Waals surface area contributed by atoms with Crippen molar-refractivity contribution >= 4 is 21.6 Å². The molecule has 1 aromatic heterocycles. The fourth-order valence-corrected chi connectivity index (χ4v) is 4.24. The van der Waals surface area contributed by atoms with E-state index < -0.39 is 21.5 Å². The molecule has 134 valence electrons. The summed E-state index contributed by atoms with van der Waals surface area (Å²) in [6.45, 7) is 5.19. The quantitative estimate of drug-likeness (QED) is 0.875. The number of fused-ring (bicyclic) bond motifs is 1. The van der Waals surface area contributed by atoms with E-state index >= 15 is 0 Å². The number of amides is 1. The Bertz CT molecular complexity index is 907. The molecule has 1 heterocycles. The molecule has 0 spiro atoms. The van der Waals surface area contributed by atoms with Crippen LogP contribution in [0.15, 0.2) is 39.8 Å². The summed E-state index contributed by atoms with van der Waals surface area (Å²) in [5.74, 6) is -0.523. The first-order valence-electron chi connectivity index (χ1n) is 8.21. The van der Waals surface area contributed by atoms with Gasteiger partial charge in [0.25, 0.3) is 15.9 Å². The number of carbonyl (C=O) groups is 1. The molecule has 0 fully saturated rings. The molecule has 6 nitrogen and oxygen atoms in total. The number of aryl methyl sites for hydroxylation is 2. The second-order valence-electron chi connectivity index (χ2n) is 7.27. The lowest BCUT2D eigenvalue weighted by atomic mass is 10.1. The zero-order valence-electron chi connectivity index (χ0n) is 14.5. The van der Waals surface area contributed by atoms with Crippen LogP contribution in [0.5, 0.6) is 0 Å². The van der Waals surface area contributed by atoms with Gasteiger partial charge in [-0.1, -0.05) is 6.07 Å². The van der Waals surface area contributed by atoms with Gasteiger partial charge < -0.3 is 9.73 Å². The van der Waals surface area contributed by atoms with E-state index in [0.717, 1.165) is 19.3 Å². The molecule has 25 heavy (non-hydrogen) atoms. The number of rotatable bonds is 4. The second kappa shape index (κ2) is 6.31. The first-order chi connectivity index (χ1) is 11.6. The molecule has 1 amide bonds. The summed E-state index contributed by atoms with van der Waals surface area (Å²) in [6.07, 6.45) is 3.22. The summed E-state index contributed by atoms with van der Waals surface area (Å²) in [6, 6.07) is 8.47. The van der Waals surface area contributed by atoms with Gasteiger partial charge in [-0.25, -0.2) is 13.1 Å². The molecule has 7 heteroatoms. The average Bonchev–Trinajstić information content (AvgIpc) is 3.14. The number of hydrogen-bond donors (Lipinski definition) is 2. The van der Waals surface area contributed by atoms with E-state index in [4.69, 9.17) is 4.42 Å². The van der Waals surface area contributed by atoms with Crippen molar-refractivity contribution in [1.82, 2.24) is 4.72 Å². The van der Waals surface area contributed by atoms with Crippen molar-refractivity contribution in [3.63, 3.8) is 0 Å². The van der Waals surface area contributed by atoms with E-state index in [9.17, 15) is 13.2 Å². The summed E-state index contributed by atoms with van der Waals surface area (Å²) >= 11 is 0. The summed E-state index contributed by atoms with van der Waals surface area (Å²) in [5.41, 5.74) is 2.60. The van der Waals surface area contributed by atoms with Gasteiger partial charge in [0, 0.05) is 11.2 Å². The van der Waals surface area contributed by atoms with Crippen LogP contribution >= 0.6 is 0 Å². The Labute approximate surface area is 147 Å². The molecular weight excluding hydrogens is 340 g/mol. The van der Waals surface area contributed by atoms with Crippen LogP contribution in [0, 0.1) is 0 Å². The summed E-state index contributed by atoms with van der Waals surface area (Å²) in [5, 5.41) is 2.48. The van der Waals surface area contributed by atoms with Gasteiger partial charge in [-0.15, -0.1) is 0 Å². The highest BCUT2D eigenvalue weighted by Gasteiger charge is 2.26. The molecule has 0 unspecified atom stereocenters. The van der Waals surface area contributed by atoms with Crippen LogP contribution in [0.1, 0.15) is 48.9 Å². The van der Waals surface area contributed by atoms with Crippen molar-refractivity contribution in [3.8, 4) is 0 Å². The Morgan fingerprint density at radius 3 is 2.52 bits per heavy atom. The van der Waals surface area contributed by atoms with Gasteiger partial charge in [-0.2, -0.15) is 0 Å². The van der Waals surface area contributed by atoms with Crippen molar-refractivity contribution in [2.45, 2.75) is 50.7 Å². The summed E-state index contributed by atoms with van der Waals surface area (Å²) in [7, 11) is -3.81. The second-order valence-corrected chi connectivity index (χ2v) is 8.88.